The number of aromatic amines is 1. The number of carbonyl (C=O) groups is 1. The van der Waals surface area contributed by atoms with E-state index in [9.17, 15) is 18.0 Å². The Labute approximate surface area is 218 Å². The Bertz CT molecular complexity index is 1240. The number of H-pyrrole nitrogens is 1. The van der Waals surface area contributed by atoms with E-state index in [2.05, 4.69) is 36.1 Å². The maximum absolute atomic E-state index is 12.9. The molecule has 2 heterocycles. The summed E-state index contributed by atoms with van der Waals surface area (Å²) in [4.78, 5) is 21.0. The smallest absolute Gasteiger partial charge is 0.416 e. The van der Waals surface area contributed by atoms with Gasteiger partial charge in [-0.05, 0) is 62.8 Å². The standard InChI is InChI=1S/C26H30F3N7O2/c27-26(28,29)17-6-3-7-19(14-17)32-24(37)31-18-8-10-20(11-9-18)38-25-30-13-12-22(34-25)33-23-15-21(35-36-23)16-4-1-2-5-16/h3,6-7,12-16,18,20H,1-2,4-5,8-11H2,(H2,31,32,37)(H2,30,33,34,35,36). The SMILES string of the molecule is O=C(Nc1cccc(C(F)(F)F)c1)NC1CCC(Oc2nccc(Nc3cc(C4CCCC4)[nH]n3)n2)CC1. The fourth-order valence-electron chi connectivity index (χ4n) is 5.04. The molecule has 2 aliphatic carbocycles. The van der Waals surface area contributed by atoms with Crippen LogP contribution in [0.15, 0.2) is 42.6 Å². The van der Waals surface area contributed by atoms with E-state index in [0.29, 0.717) is 43.2 Å². The number of benzene rings is 1. The molecule has 3 aromatic rings. The Kier molecular flexibility index (Phi) is 7.66. The fraction of sp³-hybridized carbons (Fsp3) is 0.462. The third-order valence-corrected chi connectivity index (χ3v) is 7.01. The molecular weight excluding hydrogens is 499 g/mol. The van der Waals surface area contributed by atoms with Crippen LogP contribution in [-0.4, -0.2) is 38.3 Å². The molecule has 0 aliphatic heterocycles. The van der Waals surface area contributed by atoms with Crippen molar-refractivity contribution in [3.05, 3.63) is 53.9 Å². The Morgan fingerprint density at radius 1 is 1.00 bits per heavy atom. The van der Waals surface area contributed by atoms with Crippen molar-refractivity contribution in [1.82, 2.24) is 25.5 Å². The fourth-order valence-corrected chi connectivity index (χ4v) is 5.04. The first-order chi connectivity index (χ1) is 18.3. The van der Waals surface area contributed by atoms with E-state index in [1.807, 2.05) is 6.07 Å². The number of ether oxygens (including phenoxy) is 1. The van der Waals surface area contributed by atoms with E-state index in [1.165, 1.54) is 37.8 Å². The van der Waals surface area contributed by atoms with Crippen molar-refractivity contribution in [2.75, 3.05) is 10.6 Å². The average Bonchev–Trinajstić information content (AvgIpc) is 3.58. The van der Waals surface area contributed by atoms with Crippen LogP contribution in [0.2, 0.25) is 0 Å². The molecule has 2 aliphatic rings. The van der Waals surface area contributed by atoms with Gasteiger partial charge < -0.3 is 20.7 Å². The topological polar surface area (TPSA) is 117 Å². The van der Waals surface area contributed by atoms with Crippen molar-refractivity contribution in [2.24, 2.45) is 0 Å². The third-order valence-electron chi connectivity index (χ3n) is 7.01. The van der Waals surface area contributed by atoms with Crippen molar-refractivity contribution >= 4 is 23.4 Å². The van der Waals surface area contributed by atoms with Gasteiger partial charge in [-0.1, -0.05) is 18.9 Å². The molecule has 0 radical (unpaired) electrons. The van der Waals surface area contributed by atoms with Gasteiger partial charge in [0.05, 0.1) is 5.56 Å². The minimum absolute atomic E-state index is 0.0876. The van der Waals surface area contributed by atoms with Crippen LogP contribution in [-0.2, 0) is 6.18 Å². The number of rotatable bonds is 7. The number of alkyl halides is 3. The van der Waals surface area contributed by atoms with Crippen LogP contribution in [0.25, 0.3) is 0 Å². The molecule has 0 atom stereocenters. The molecule has 0 bridgehead atoms. The molecule has 2 amide bonds. The first kappa shape index (κ1) is 25.8. The van der Waals surface area contributed by atoms with Crippen LogP contribution in [0.4, 0.5) is 35.3 Å². The monoisotopic (exact) mass is 529 g/mol. The van der Waals surface area contributed by atoms with Gasteiger partial charge in [-0.15, -0.1) is 0 Å². The number of anilines is 3. The zero-order chi connectivity index (χ0) is 26.5. The summed E-state index contributed by atoms with van der Waals surface area (Å²) in [6.07, 6.45) is 4.62. The average molecular weight is 530 g/mol. The van der Waals surface area contributed by atoms with Crippen LogP contribution in [0.3, 0.4) is 0 Å². The van der Waals surface area contributed by atoms with Gasteiger partial charge in [0.2, 0.25) is 0 Å². The van der Waals surface area contributed by atoms with E-state index < -0.39 is 17.8 Å². The molecule has 38 heavy (non-hydrogen) atoms. The Morgan fingerprint density at radius 2 is 1.79 bits per heavy atom. The van der Waals surface area contributed by atoms with Crippen LogP contribution >= 0.6 is 0 Å². The van der Waals surface area contributed by atoms with Gasteiger partial charge in [-0.2, -0.15) is 23.3 Å². The highest BCUT2D eigenvalue weighted by atomic mass is 19.4. The normalized spacial score (nSPS) is 20.2. The van der Waals surface area contributed by atoms with Gasteiger partial charge in [0.1, 0.15) is 11.9 Å². The highest BCUT2D eigenvalue weighted by molar-refractivity contribution is 5.89. The van der Waals surface area contributed by atoms with Gasteiger partial charge in [-0.25, -0.2) is 9.78 Å². The molecule has 0 saturated heterocycles. The van der Waals surface area contributed by atoms with Crippen LogP contribution < -0.4 is 20.7 Å². The minimum Gasteiger partial charge on any atom is -0.460 e. The molecule has 4 N–H and O–H groups in total. The molecule has 2 aromatic heterocycles. The summed E-state index contributed by atoms with van der Waals surface area (Å²) in [5.74, 6) is 1.83. The lowest BCUT2D eigenvalue weighted by atomic mass is 9.93. The number of urea groups is 1. The molecular formula is C26H30F3N7O2. The van der Waals surface area contributed by atoms with Crippen LogP contribution in [0, 0.1) is 0 Å². The van der Waals surface area contributed by atoms with E-state index in [-0.39, 0.29) is 23.8 Å². The molecule has 0 spiro atoms. The zero-order valence-corrected chi connectivity index (χ0v) is 20.7. The lowest BCUT2D eigenvalue weighted by Gasteiger charge is -2.29. The predicted molar refractivity (Wildman–Crippen MR) is 135 cm³/mol. The van der Waals surface area contributed by atoms with Crippen molar-refractivity contribution in [2.45, 2.75) is 75.6 Å². The second kappa shape index (κ2) is 11.3. The van der Waals surface area contributed by atoms with Crippen molar-refractivity contribution in [3.8, 4) is 6.01 Å². The van der Waals surface area contributed by atoms with E-state index in [0.717, 1.165) is 17.8 Å². The Morgan fingerprint density at radius 3 is 2.55 bits per heavy atom. The first-order valence-electron chi connectivity index (χ1n) is 12.9. The molecule has 2 saturated carbocycles. The molecule has 0 unspecified atom stereocenters. The number of nitrogens with one attached hydrogen (secondary N) is 4. The summed E-state index contributed by atoms with van der Waals surface area (Å²) in [6.45, 7) is 0. The number of nitrogens with zero attached hydrogens (tertiary/aromatic N) is 3. The molecule has 12 heteroatoms. The number of hydrogen-bond acceptors (Lipinski definition) is 6. The van der Waals surface area contributed by atoms with Crippen molar-refractivity contribution in [3.63, 3.8) is 0 Å². The summed E-state index contributed by atoms with van der Waals surface area (Å²) in [7, 11) is 0. The molecule has 5 rings (SSSR count). The van der Waals surface area contributed by atoms with Gasteiger partial charge in [0.15, 0.2) is 5.82 Å². The maximum atomic E-state index is 12.9. The van der Waals surface area contributed by atoms with Gasteiger partial charge >= 0.3 is 18.2 Å². The van der Waals surface area contributed by atoms with Crippen molar-refractivity contribution < 1.29 is 22.7 Å². The van der Waals surface area contributed by atoms with E-state index in [1.54, 1.807) is 12.3 Å². The Balaban J connectivity index is 1.08. The predicted octanol–water partition coefficient (Wildman–Crippen LogP) is 6.13. The minimum atomic E-state index is -4.47. The zero-order valence-electron chi connectivity index (χ0n) is 20.7. The second-order valence-corrected chi connectivity index (χ2v) is 9.81. The largest absolute Gasteiger partial charge is 0.460 e. The maximum Gasteiger partial charge on any atom is 0.416 e. The highest BCUT2D eigenvalue weighted by Crippen LogP contribution is 2.34. The van der Waals surface area contributed by atoms with Crippen LogP contribution in [0.1, 0.15) is 68.5 Å². The third kappa shape index (κ3) is 6.73. The number of amides is 2. The first-order valence-corrected chi connectivity index (χ1v) is 12.9. The molecule has 9 nitrogen and oxygen atoms in total. The van der Waals surface area contributed by atoms with Gasteiger partial charge in [0.25, 0.3) is 0 Å². The molecule has 2 fully saturated rings. The van der Waals surface area contributed by atoms with Crippen molar-refractivity contribution in [1.29, 1.82) is 0 Å². The summed E-state index contributed by atoms with van der Waals surface area (Å²) in [5, 5.41) is 16.0. The number of carbonyl (C=O) groups excluding carboxylic acids is 1. The van der Waals surface area contributed by atoms with Gasteiger partial charge in [0, 0.05) is 35.6 Å². The summed E-state index contributed by atoms with van der Waals surface area (Å²) in [5.41, 5.74) is 0.418. The Hall–Kier alpha value is -3.83. The number of hydrogen-bond donors (Lipinski definition) is 4. The lowest BCUT2D eigenvalue weighted by Crippen LogP contribution is -2.41. The highest BCUT2D eigenvalue weighted by Gasteiger charge is 2.30. The van der Waals surface area contributed by atoms with E-state index >= 15 is 0 Å². The van der Waals surface area contributed by atoms with E-state index in [4.69, 9.17) is 4.74 Å². The quantitative estimate of drug-likeness (QED) is 0.293. The van der Waals surface area contributed by atoms with Crippen LogP contribution in [0.5, 0.6) is 6.01 Å². The number of aromatic nitrogens is 4. The summed E-state index contributed by atoms with van der Waals surface area (Å²) >= 11 is 0. The summed E-state index contributed by atoms with van der Waals surface area (Å²) < 4.78 is 44.7. The molecule has 202 valence electrons. The summed E-state index contributed by atoms with van der Waals surface area (Å²) in [6, 6.07) is 7.95. The lowest BCUT2D eigenvalue weighted by molar-refractivity contribution is -0.137. The number of halogens is 3. The second-order valence-electron chi connectivity index (χ2n) is 9.81. The van der Waals surface area contributed by atoms with Gasteiger partial charge in [-0.3, -0.25) is 5.10 Å². The molecule has 1 aromatic carbocycles.